The fraction of sp³-hybridized carbons (Fsp3) is 0.806. The summed E-state index contributed by atoms with van der Waals surface area (Å²) in [7, 11) is 1.56. The van der Waals surface area contributed by atoms with E-state index in [0.717, 1.165) is 51.4 Å². The van der Waals surface area contributed by atoms with Gasteiger partial charge in [-0.15, -0.1) is 0 Å². The number of ether oxygens (including phenoxy) is 2. The average molecular weight is 760 g/mol. The number of carboxylic acids is 3. The predicted octanol–water partition coefficient (Wildman–Crippen LogP) is 2.11. The van der Waals surface area contributed by atoms with Gasteiger partial charge in [0.05, 0.1) is 13.2 Å². The van der Waals surface area contributed by atoms with Crippen molar-refractivity contribution in [1.82, 2.24) is 26.6 Å². The molecule has 0 aromatic rings. The van der Waals surface area contributed by atoms with Crippen molar-refractivity contribution in [2.45, 2.75) is 134 Å². The standard InChI is InChI=1S/C36H65N5O12/c1-37-28(35(48)49)14-10-11-21-38-31(43)18-17-29(36(50)51)41-33(45)20-19-32(44)40-23-13-25-53-27-26-52-24-12-22-39-30(42)15-8-6-4-2-3-5-7-9-16-34(46)47/h28-29,37H,2-27H2,1H3,(H,38,43)(H,39,42)(H,40,44)(H,41,45)(H,46,47)(H,48,49)(H,50,51)/t28-,29-/m0/s1. The molecule has 0 aliphatic carbocycles. The van der Waals surface area contributed by atoms with Gasteiger partial charge in [0.15, 0.2) is 0 Å². The van der Waals surface area contributed by atoms with Gasteiger partial charge in [0.2, 0.25) is 23.6 Å². The van der Waals surface area contributed by atoms with Crippen LogP contribution in [0, 0.1) is 0 Å². The third kappa shape index (κ3) is 32.5. The van der Waals surface area contributed by atoms with Gasteiger partial charge in [0, 0.05) is 65.0 Å². The zero-order chi connectivity index (χ0) is 39.5. The Morgan fingerprint density at radius 3 is 1.42 bits per heavy atom. The highest BCUT2D eigenvalue weighted by Gasteiger charge is 2.21. The summed E-state index contributed by atoms with van der Waals surface area (Å²) in [6, 6.07) is -1.93. The van der Waals surface area contributed by atoms with Gasteiger partial charge in [-0.3, -0.25) is 28.8 Å². The highest BCUT2D eigenvalue weighted by atomic mass is 16.5. The third-order valence-corrected chi connectivity index (χ3v) is 8.25. The van der Waals surface area contributed by atoms with Gasteiger partial charge in [-0.1, -0.05) is 38.5 Å². The Balaban J connectivity index is 3.71. The zero-order valence-corrected chi connectivity index (χ0v) is 31.6. The number of unbranched alkanes of at least 4 members (excludes halogenated alkanes) is 8. The largest absolute Gasteiger partial charge is 0.481 e. The minimum Gasteiger partial charge on any atom is -0.481 e. The maximum absolute atomic E-state index is 12.2. The van der Waals surface area contributed by atoms with Gasteiger partial charge in [0.1, 0.15) is 12.1 Å². The van der Waals surface area contributed by atoms with Crippen LogP contribution in [-0.2, 0) is 43.0 Å². The van der Waals surface area contributed by atoms with Crippen LogP contribution in [-0.4, -0.2) is 122 Å². The molecule has 17 nitrogen and oxygen atoms in total. The second-order valence-corrected chi connectivity index (χ2v) is 12.9. The van der Waals surface area contributed by atoms with Crippen LogP contribution >= 0.6 is 0 Å². The minimum atomic E-state index is -1.29. The summed E-state index contributed by atoms with van der Waals surface area (Å²) in [4.78, 5) is 81.3. The molecule has 17 heteroatoms. The second-order valence-electron chi connectivity index (χ2n) is 12.9. The van der Waals surface area contributed by atoms with Crippen molar-refractivity contribution in [3.8, 4) is 0 Å². The molecular weight excluding hydrogens is 694 g/mol. The molecule has 0 rings (SSSR count). The lowest BCUT2D eigenvalue weighted by Gasteiger charge is -2.15. The first-order chi connectivity index (χ1) is 25.5. The Morgan fingerprint density at radius 1 is 0.453 bits per heavy atom. The van der Waals surface area contributed by atoms with E-state index in [1.807, 2.05) is 0 Å². The molecule has 0 saturated heterocycles. The lowest BCUT2D eigenvalue weighted by molar-refractivity contribution is -0.142. The van der Waals surface area contributed by atoms with Gasteiger partial charge in [-0.2, -0.15) is 0 Å². The topological polar surface area (TPSA) is 259 Å². The molecule has 4 amide bonds. The van der Waals surface area contributed by atoms with Crippen LogP contribution in [0.5, 0.6) is 0 Å². The summed E-state index contributed by atoms with van der Waals surface area (Å²) in [6.45, 7) is 2.92. The van der Waals surface area contributed by atoms with Crippen LogP contribution in [0.15, 0.2) is 0 Å². The predicted molar refractivity (Wildman–Crippen MR) is 196 cm³/mol. The summed E-state index contributed by atoms with van der Waals surface area (Å²) in [5.41, 5.74) is 0. The van der Waals surface area contributed by atoms with Gasteiger partial charge in [-0.05, 0) is 58.4 Å². The lowest BCUT2D eigenvalue weighted by atomic mass is 10.1. The Kier molecular flexibility index (Phi) is 31.5. The molecule has 8 N–H and O–H groups in total. The van der Waals surface area contributed by atoms with E-state index in [1.165, 1.54) is 0 Å². The molecule has 2 atom stereocenters. The van der Waals surface area contributed by atoms with Crippen LogP contribution < -0.4 is 26.6 Å². The molecular formula is C36H65N5O12. The summed E-state index contributed by atoms with van der Waals surface area (Å²) in [5, 5.41) is 40.3. The monoisotopic (exact) mass is 759 g/mol. The quantitative estimate of drug-likeness (QED) is 0.0423. The SMILES string of the molecule is CN[C@@H](CCCCNC(=O)CC[C@H](NC(=O)CCC(=O)NCCCOCCOCCCNC(=O)CCCCCCCCCCC(=O)O)C(=O)O)C(=O)O. The van der Waals surface area contributed by atoms with Crippen molar-refractivity contribution < 1.29 is 58.4 Å². The van der Waals surface area contributed by atoms with E-state index in [1.54, 1.807) is 7.05 Å². The molecule has 0 bridgehead atoms. The van der Waals surface area contributed by atoms with Crippen LogP contribution in [0.3, 0.4) is 0 Å². The van der Waals surface area contributed by atoms with E-state index in [4.69, 9.17) is 19.7 Å². The van der Waals surface area contributed by atoms with Gasteiger partial charge in [-0.25, -0.2) is 4.79 Å². The van der Waals surface area contributed by atoms with E-state index in [2.05, 4.69) is 26.6 Å². The number of rotatable bonds is 37. The van der Waals surface area contributed by atoms with Crippen molar-refractivity contribution in [2.75, 3.05) is 53.1 Å². The van der Waals surface area contributed by atoms with Gasteiger partial charge in [0.25, 0.3) is 0 Å². The van der Waals surface area contributed by atoms with Crippen LogP contribution in [0.1, 0.15) is 122 Å². The first kappa shape index (κ1) is 49.2. The van der Waals surface area contributed by atoms with E-state index in [-0.39, 0.29) is 49.8 Å². The molecule has 0 aromatic heterocycles. The van der Waals surface area contributed by atoms with Crippen LogP contribution in [0.4, 0.5) is 0 Å². The Morgan fingerprint density at radius 2 is 0.906 bits per heavy atom. The number of nitrogens with one attached hydrogen (secondary N) is 5. The maximum Gasteiger partial charge on any atom is 0.326 e. The Hall–Kier alpha value is -3.83. The van der Waals surface area contributed by atoms with E-state index < -0.39 is 35.9 Å². The normalized spacial score (nSPS) is 12.0. The minimum absolute atomic E-state index is 0.0443. The molecule has 0 unspecified atom stereocenters. The van der Waals surface area contributed by atoms with Crippen molar-refractivity contribution >= 4 is 41.5 Å². The summed E-state index contributed by atoms with van der Waals surface area (Å²) >= 11 is 0. The Labute approximate surface area is 313 Å². The maximum atomic E-state index is 12.2. The first-order valence-electron chi connectivity index (χ1n) is 19.1. The molecule has 0 saturated carbocycles. The lowest BCUT2D eigenvalue weighted by Crippen LogP contribution is -2.42. The number of hydrogen-bond donors (Lipinski definition) is 8. The number of aliphatic carboxylic acids is 3. The summed E-state index contributed by atoms with van der Waals surface area (Å²) < 4.78 is 11.0. The average Bonchev–Trinajstić information content (AvgIpc) is 3.11. The van der Waals surface area contributed by atoms with E-state index in [0.29, 0.717) is 84.6 Å². The van der Waals surface area contributed by atoms with E-state index in [9.17, 15) is 38.7 Å². The summed E-state index contributed by atoms with van der Waals surface area (Å²) in [6.07, 6.45) is 10.9. The molecule has 0 fully saturated rings. The number of likely N-dealkylation sites (N-methyl/N-ethyl adjacent to an activating group) is 1. The molecule has 0 aliphatic heterocycles. The smallest absolute Gasteiger partial charge is 0.326 e. The number of carbonyl (C=O) groups is 7. The molecule has 0 spiro atoms. The molecule has 0 aromatic carbocycles. The first-order valence-corrected chi connectivity index (χ1v) is 19.1. The third-order valence-electron chi connectivity index (χ3n) is 8.25. The van der Waals surface area contributed by atoms with Gasteiger partial charge < -0.3 is 51.4 Å². The Bertz CT molecular complexity index is 1060. The highest BCUT2D eigenvalue weighted by molar-refractivity contribution is 5.87. The van der Waals surface area contributed by atoms with Crippen LogP contribution in [0.2, 0.25) is 0 Å². The second kappa shape index (κ2) is 34.0. The van der Waals surface area contributed by atoms with Crippen molar-refractivity contribution in [3.63, 3.8) is 0 Å². The number of carboxylic acid groups (broad SMARTS) is 3. The number of amides is 4. The zero-order valence-electron chi connectivity index (χ0n) is 31.6. The fourth-order valence-electron chi connectivity index (χ4n) is 5.13. The molecule has 0 radical (unpaired) electrons. The van der Waals surface area contributed by atoms with Crippen LogP contribution in [0.25, 0.3) is 0 Å². The van der Waals surface area contributed by atoms with E-state index >= 15 is 0 Å². The number of hydrogen-bond acceptors (Lipinski definition) is 10. The molecule has 0 aliphatic rings. The highest BCUT2D eigenvalue weighted by Crippen LogP contribution is 2.11. The number of carbonyl (C=O) groups excluding carboxylic acids is 4. The molecule has 0 heterocycles. The fourth-order valence-corrected chi connectivity index (χ4v) is 5.13. The van der Waals surface area contributed by atoms with Crippen molar-refractivity contribution in [1.29, 1.82) is 0 Å². The van der Waals surface area contributed by atoms with Gasteiger partial charge >= 0.3 is 17.9 Å². The molecule has 306 valence electrons. The molecule has 53 heavy (non-hydrogen) atoms. The summed E-state index contributed by atoms with van der Waals surface area (Å²) in [5.74, 6) is -4.27. The van der Waals surface area contributed by atoms with Crippen molar-refractivity contribution in [2.24, 2.45) is 0 Å². The van der Waals surface area contributed by atoms with Crippen molar-refractivity contribution in [3.05, 3.63) is 0 Å².